The maximum atomic E-state index is 10.5. The van der Waals surface area contributed by atoms with Crippen molar-refractivity contribution in [3.8, 4) is 5.75 Å². The third-order valence-corrected chi connectivity index (χ3v) is 3.65. The lowest BCUT2D eigenvalue weighted by Gasteiger charge is -2.10. The first-order chi connectivity index (χ1) is 10.5. The zero-order valence-corrected chi connectivity index (χ0v) is 13.5. The molecule has 1 N–H and O–H groups in total. The van der Waals surface area contributed by atoms with E-state index in [4.69, 9.17) is 44.6 Å². The number of ether oxygens (including phenoxy) is 1. The molecule has 0 aliphatic heterocycles. The van der Waals surface area contributed by atoms with Gasteiger partial charge in [0.05, 0.1) is 5.02 Å². The van der Waals surface area contributed by atoms with E-state index in [9.17, 15) is 4.79 Å². The molecule has 0 radical (unpaired) electrons. The van der Waals surface area contributed by atoms with Crippen molar-refractivity contribution in [2.24, 2.45) is 0 Å². The Balaban J connectivity index is 2.08. The van der Waals surface area contributed by atoms with Crippen molar-refractivity contribution in [2.75, 3.05) is 0 Å². The van der Waals surface area contributed by atoms with Gasteiger partial charge in [-0.2, -0.15) is 0 Å². The minimum absolute atomic E-state index is 0.250. The van der Waals surface area contributed by atoms with Crippen LogP contribution in [0, 0.1) is 0 Å². The molecule has 0 unspecified atom stereocenters. The molecule has 2 aromatic carbocycles. The molecule has 0 aliphatic carbocycles. The van der Waals surface area contributed by atoms with Crippen molar-refractivity contribution in [3.63, 3.8) is 0 Å². The Hall–Kier alpha value is -1.68. The number of rotatable bonds is 5. The molecule has 0 spiro atoms. The maximum absolute atomic E-state index is 10.5. The summed E-state index contributed by atoms with van der Waals surface area (Å²) in [7, 11) is 0. The Morgan fingerprint density at radius 3 is 2.50 bits per heavy atom. The summed E-state index contributed by atoms with van der Waals surface area (Å²) >= 11 is 18.0. The number of carbonyl (C=O) groups is 1. The van der Waals surface area contributed by atoms with E-state index in [1.807, 2.05) is 0 Å². The number of aliphatic carboxylic acids is 1. The number of hydrogen-bond donors (Lipinski definition) is 1. The van der Waals surface area contributed by atoms with Crippen molar-refractivity contribution in [1.29, 1.82) is 0 Å². The van der Waals surface area contributed by atoms with Crippen LogP contribution in [0.1, 0.15) is 11.1 Å². The van der Waals surface area contributed by atoms with E-state index in [0.29, 0.717) is 26.4 Å². The summed E-state index contributed by atoms with van der Waals surface area (Å²) in [6, 6.07) is 10.2. The van der Waals surface area contributed by atoms with Gasteiger partial charge in [0.2, 0.25) is 0 Å². The Bertz CT molecular complexity index is 727. The Labute approximate surface area is 142 Å². The van der Waals surface area contributed by atoms with Crippen LogP contribution in [0.3, 0.4) is 0 Å². The van der Waals surface area contributed by atoms with E-state index in [1.54, 1.807) is 36.4 Å². The van der Waals surface area contributed by atoms with Gasteiger partial charge in [0.25, 0.3) is 0 Å². The van der Waals surface area contributed by atoms with Gasteiger partial charge in [-0.15, -0.1) is 0 Å². The molecule has 6 heteroatoms. The van der Waals surface area contributed by atoms with E-state index >= 15 is 0 Å². The van der Waals surface area contributed by atoms with E-state index < -0.39 is 5.97 Å². The van der Waals surface area contributed by atoms with Crippen molar-refractivity contribution in [2.45, 2.75) is 6.61 Å². The molecule has 0 fully saturated rings. The molecule has 0 bridgehead atoms. The van der Waals surface area contributed by atoms with Gasteiger partial charge in [-0.25, -0.2) is 4.79 Å². The number of carboxylic acid groups (broad SMARTS) is 1. The molecular weight excluding hydrogens is 347 g/mol. The van der Waals surface area contributed by atoms with Crippen LogP contribution >= 0.6 is 34.8 Å². The minimum Gasteiger partial charge on any atom is -0.487 e. The van der Waals surface area contributed by atoms with Gasteiger partial charge in [0.1, 0.15) is 12.4 Å². The summed E-state index contributed by atoms with van der Waals surface area (Å²) in [6.07, 6.45) is 2.49. The van der Waals surface area contributed by atoms with Gasteiger partial charge in [0, 0.05) is 21.7 Å². The number of benzene rings is 2. The maximum Gasteiger partial charge on any atom is 0.328 e. The normalized spacial score (nSPS) is 10.9. The zero-order chi connectivity index (χ0) is 16.1. The van der Waals surface area contributed by atoms with Gasteiger partial charge in [0.15, 0.2) is 0 Å². The summed E-state index contributed by atoms with van der Waals surface area (Å²) in [6.45, 7) is 0.250. The fraction of sp³-hybridized carbons (Fsp3) is 0.0625. The molecule has 2 aromatic rings. The number of carboxylic acids is 1. The average Bonchev–Trinajstić information content (AvgIpc) is 2.45. The second-order valence-corrected chi connectivity index (χ2v) is 5.64. The standard InChI is InChI=1S/C16H11Cl3O3/c17-12-4-3-11(13(18)8-12)9-22-15-5-1-10(7-14(15)19)2-6-16(20)21/h1-8H,9H2,(H,20,21)/b6-2+. The lowest BCUT2D eigenvalue weighted by molar-refractivity contribution is -0.131. The van der Waals surface area contributed by atoms with E-state index in [1.165, 1.54) is 6.08 Å². The lowest BCUT2D eigenvalue weighted by Crippen LogP contribution is -1.97. The van der Waals surface area contributed by atoms with Crippen LogP contribution in [-0.4, -0.2) is 11.1 Å². The average molecular weight is 358 g/mol. The summed E-state index contributed by atoms with van der Waals surface area (Å²) < 4.78 is 5.62. The quantitative estimate of drug-likeness (QED) is 0.736. The molecule has 3 nitrogen and oxygen atoms in total. The minimum atomic E-state index is -1.02. The van der Waals surface area contributed by atoms with Crippen LogP contribution < -0.4 is 4.74 Å². The Morgan fingerprint density at radius 2 is 1.86 bits per heavy atom. The number of hydrogen-bond acceptors (Lipinski definition) is 2. The Kier molecular flexibility index (Phi) is 5.72. The van der Waals surface area contributed by atoms with Gasteiger partial charge in [-0.05, 0) is 35.9 Å². The van der Waals surface area contributed by atoms with E-state index in [2.05, 4.69) is 0 Å². The second-order valence-electron chi connectivity index (χ2n) is 4.39. The van der Waals surface area contributed by atoms with Crippen molar-refractivity contribution < 1.29 is 14.6 Å². The molecule has 0 saturated carbocycles. The predicted molar refractivity (Wildman–Crippen MR) is 88.9 cm³/mol. The van der Waals surface area contributed by atoms with Crippen molar-refractivity contribution in [3.05, 3.63) is 68.7 Å². The lowest BCUT2D eigenvalue weighted by atomic mass is 10.2. The fourth-order valence-electron chi connectivity index (χ4n) is 1.70. The molecule has 0 atom stereocenters. The third kappa shape index (κ3) is 4.67. The predicted octanol–water partition coefficient (Wildman–Crippen LogP) is 5.32. The monoisotopic (exact) mass is 356 g/mol. The zero-order valence-electron chi connectivity index (χ0n) is 11.2. The highest BCUT2D eigenvalue weighted by Crippen LogP contribution is 2.28. The molecule has 0 saturated heterocycles. The molecule has 0 aromatic heterocycles. The molecule has 0 heterocycles. The van der Waals surface area contributed by atoms with Crippen LogP contribution in [0.4, 0.5) is 0 Å². The smallest absolute Gasteiger partial charge is 0.328 e. The SMILES string of the molecule is O=C(O)/C=C/c1ccc(OCc2ccc(Cl)cc2Cl)c(Cl)c1. The van der Waals surface area contributed by atoms with Crippen LogP contribution in [0.25, 0.3) is 6.08 Å². The van der Waals surface area contributed by atoms with Gasteiger partial charge < -0.3 is 9.84 Å². The van der Waals surface area contributed by atoms with Gasteiger partial charge >= 0.3 is 5.97 Å². The molecule has 114 valence electrons. The largest absolute Gasteiger partial charge is 0.487 e. The van der Waals surface area contributed by atoms with Crippen LogP contribution in [0.15, 0.2) is 42.5 Å². The van der Waals surface area contributed by atoms with Crippen molar-refractivity contribution in [1.82, 2.24) is 0 Å². The van der Waals surface area contributed by atoms with Crippen molar-refractivity contribution >= 4 is 46.8 Å². The van der Waals surface area contributed by atoms with Crippen LogP contribution in [0.5, 0.6) is 5.75 Å². The first kappa shape index (κ1) is 16.7. The highest BCUT2D eigenvalue weighted by Gasteiger charge is 2.06. The molecule has 0 aliphatic rings. The van der Waals surface area contributed by atoms with Crippen LogP contribution in [-0.2, 0) is 11.4 Å². The van der Waals surface area contributed by atoms with E-state index in [0.717, 1.165) is 11.6 Å². The topological polar surface area (TPSA) is 46.5 Å². The summed E-state index contributed by atoms with van der Waals surface area (Å²) in [5, 5.41) is 10.0. The highest BCUT2D eigenvalue weighted by molar-refractivity contribution is 6.35. The summed E-state index contributed by atoms with van der Waals surface area (Å²) in [5.41, 5.74) is 1.46. The third-order valence-electron chi connectivity index (χ3n) is 2.77. The highest BCUT2D eigenvalue weighted by atomic mass is 35.5. The molecule has 2 rings (SSSR count). The van der Waals surface area contributed by atoms with Gasteiger partial charge in [-0.1, -0.05) is 46.9 Å². The molecule has 22 heavy (non-hydrogen) atoms. The Morgan fingerprint density at radius 1 is 1.09 bits per heavy atom. The summed E-state index contributed by atoms with van der Waals surface area (Å²) in [4.78, 5) is 10.5. The molecule has 0 amide bonds. The number of halogens is 3. The van der Waals surface area contributed by atoms with E-state index in [-0.39, 0.29) is 6.61 Å². The first-order valence-electron chi connectivity index (χ1n) is 6.23. The molecular formula is C16H11Cl3O3. The van der Waals surface area contributed by atoms with Crippen LogP contribution in [0.2, 0.25) is 15.1 Å². The summed E-state index contributed by atoms with van der Waals surface area (Å²) in [5.74, 6) is -0.533. The first-order valence-corrected chi connectivity index (χ1v) is 7.36. The second kappa shape index (κ2) is 7.54. The fourth-order valence-corrected chi connectivity index (χ4v) is 2.41. The van der Waals surface area contributed by atoms with Gasteiger partial charge in [-0.3, -0.25) is 0 Å².